The molecule has 2 heterocycles. The molecule has 0 saturated carbocycles. The molecule has 0 amide bonds. The van der Waals surface area contributed by atoms with E-state index in [0.29, 0.717) is 18.3 Å². The Hall–Kier alpha value is -2.26. The first-order chi connectivity index (χ1) is 13.6. The van der Waals surface area contributed by atoms with Gasteiger partial charge in [0.15, 0.2) is 5.96 Å². The van der Waals surface area contributed by atoms with Gasteiger partial charge in [-0.25, -0.2) is 4.99 Å². The number of aliphatic hydroxyl groups is 1. The molecule has 3 N–H and O–H groups in total. The van der Waals surface area contributed by atoms with Crippen LogP contribution >= 0.6 is 24.0 Å². The van der Waals surface area contributed by atoms with Crippen LogP contribution in [-0.4, -0.2) is 30.7 Å². The number of rotatable bonds is 9. The lowest BCUT2D eigenvalue weighted by molar-refractivity contribution is 0.0437. The zero-order valence-corrected chi connectivity index (χ0v) is 18.8. The van der Waals surface area contributed by atoms with Crippen molar-refractivity contribution in [2.24, 2.45) is 4.99 Å². The van der Waals surface area contributed by atoms with E-state index in [1.54, 1.807) is 31.6 Å². The van der Waals surface area contributed by atoms with Crippen molar-refractivity contribution in [2.45, 2.75) is 25.4 Å². The van der Waals surface area contributed by atoms with Crippen molar-refractivity contribution in [1.82, 2.24) is 10.6 Å². The SMILES string of the molecule is CC(O)(CN=C(NCCc1ccccc1)NCCc1ccco1)c1ccco1.I. The molecule has 0 aliphatic carbocycles. The maximum absolute atomic E-state index is 10.6. The molecule has 29 heavy (non-hydrogen) atoms. The summed E-state index contributed by atoms with van der Waals surface area (Å²) in [6.45, 7) is 3.29. The van der Waals surface area contributed by atoms with E-state index in [1.165, 1.54) is 5.56 Å². The Balaban J connectivity index is 0.00000300. The average molecular weight is 509 g/mol. The van der Waals surface area contributed by atoms with Crippen LogP contribution in [0.1, 0.15) is 24.0 Å². The quantitative estimate of drug-likeness (QED) is 0.233. The van der Waals surface area contributed by atoms with Crippen LogP contribution in [0.2, 0.25) is 0 Å². The lowest BCUT2D eigenvalue weighted by atomic mass is 10.0. The molecule has 0 radical (unpaired) electrons. The van der Waals surface area contributed by atoms with Crippen molar-refractivity contribution >= 4 is 29.9 Å². The lowest BCUT2D eigenvalue weighted by Gasteiger charge is -2.20. The summed E-state index contributed by atoms with van der Waals surface area (Å²) in [4.78, 5) is 4.56. The van der Waals surface area contributed by atoms with Crippen LogP contribution in [0.4, 0.5) is 0 Å². The van der Waals surface area contributed by atoms with Gasteiger partial charge in [0.1, 0.15) is 17.1 Å². The van der Waals surface area contributed by atoms with Gasteiger partial charge < -0.3 is 24.6 Å². The number of nitrogens with zero attached hydrogens (tertiary/aromatic N) is 1. The van der Waals surface area contributed by atoms with Crippen molar-refractivity contribution < 1.29 is 13.9 Å². The summed E-state index contributed by atoms with van der Waals surface area (Å²) in [6, 6.07) is 17.6. The summed E-state index contributed by atoms with van der Waals surface area (Å²) in [5.41, 5.74) is 0.0889. The average Bonchev–Trinajstić information content (AvgIpc) is 3.41. The molecular weight excluding hydrogens is 481 g/mol. The topological polar surface area (TPSA) is 82.9 Å². The molecule has 2 aromatic heterocycles. The first kappa shape index (κ1) is 23.0. The highest BCUT2D eigenvalue weighted by Crippen LogP contribution is 2.21. The minimum Gasteiger partial charge on any atom is -0.469 e. The molecule has 0 aliphatic heterocycles. The summed E-state index contributed by atoms with van der Waals surface area (Å²) >= 11 is 0. The molecule has 156 valence electrons. The van der Waals surface area contributed by atoms with Crippen molar-refractivity contribution in [3.05, 3.63) is 84.2 Å². The molecule has 1 aromatic carbocycles. The summed E-state index contributed by atoms with van der Waals surface area (Å²) in [6.07, 6.45) is 4.85. The van der Waals surface area contributed by atoms with Gasteiger partial charge in [-0.2, -0.15) is 0 Å². The van der Waals surface area contributed by atoms with Gasteiger partial charge in [-0.3, -0.25) is 0 Å². The molecule has 0 aliphatic rings. The molecule has 6 nitrogen and oxygen atoms in total. The highest BCUT2D eigenvalue weighted by molar-refractivity contribution is 14.0. The summed E-state index contributed by atoms with van der Waals surface area (Å²) in [7, 11) is 0. The van der Waals surface area contributed by atoms with Gasteiger partial charge in [0.2, 0.25) is 0 Å². The van der Waals surface area contributed by atoms with E-state index in [9.17, 15) is 5.11 Å². The Bertz CT molecular complexity index is 832. The maximum atomic E-state index is 10.6. The van der Waals surface area contributed by atoms with E-state index in [1.807, 2.05) is 30.3 Å². The van der Waals surface area contributed by atoms with Crippen LogP contribution in [0.3, 0.4) is 0 Å². The number of guanidine groups is 1. The fourth-order valence-corrected chi connectivity index (χ4v) is 2.80. The number of halogens is 1. The fourth-order valence-electron chi connectivity index (χ4n) is 2.80. The largest absolute Gasteiger partial charge is 0.469 e. The Labute approximate surface area is 188 Å². The van der Waals surface area contributed by atoms with Crippen LogP contribution in [0.25, 0.3) is 0 Å². The van der Waals surface area contributed by atoms with E-state index in [2.05, 4.69) is 27.8 Å². The Morgan fingerprint density at radius 3 is 2.28 bits per heavy atom. The van der Waals surface area contributed by atoms with Gasteiger partial charge in [0, 0.05) is 19.5 Å². The molecule has 0 bridgehead atoms. The van der Waals surface area contributed by atoms with Gasteiger partial charge in [0.25, 0.3) is 0 Å². The van der Waals surface area contributed by atoms with Crippen LogP contribution in [0.5, 0.6) is 0 Å². The number of aliphatic imine (C=N–C) groups is 1. The van der Waals surface area contributed by atoms with Crippen LogP contribution in [0.15, 0.2) is 81.0 Å². The molecule has 0 saturated heterocycles. The van der Waals surface area contributed by atoms with Gasteiger partial charge in [-0.1, -0.05) is 30.3 Å². The Kier molecular flexibility index (Phi) is 9.27. The Morgan fingerprint density at radius 1 is 0.931 bits per heavy atom. The number of hydrogen-bond acceptors (Lipinski definition) is 4. The van der Waals surface area contributed by atoms with Gasteiger partial charge in [0.05, 0.1) is 19.1 Å². The first-order valence-electron chi connectivity index (χ1n) is 9.48. The second kappa shape index (κ2) is 11.7. The molecule has 3 aromatic rings. The van der Waals surface area contributed by atoms with Crippen LogP contribution in [0, 0.1) is 0 Å². The third-order valence-electron chi connectivity index (χ3n) is 4.39. The monoisotopic (exact) mass is 509 g/mol. The highest BCUT2D eigenvalue weighted by atomic mass is 127. The standard InChI is InChI=1S/C22H27N3O3.HI/c1-22(26,20-10-6-16-28-20)17-25-21(24-14-12-19-9-5-15-27-19)23-13-11-18-7-3-2-4-8-18;/h2-10,15-16,26H,11-14,17H2,1H3,(H2,23,24,25);1H. The second-order valence-corrected chi connectivity index (χ2v) is 6.83. The zero-order chi connectivity index (χ0) is 19.7. The smallest absolute Gasteiger partial charge is 0.191 e. The zero-order valence-electron chi connectivity index (χ0n) is 16.5. The minimum absolute atomic E-state index is 0. The normalized spacial score (nSPS) is 13.4. The number of hydrogen-bond donors (Lipinski definition) is 3. The molecular formula is C22H28IN3O3. The highest BCUT2D eigenvalue weighted by Gasteiger charge is 2.26. The first-order valence-corrected chi connectivity index (χ1v) is 9.48. The molecule has 7 heteroatoms. The summed E-state index contributed by atoms with van der Waals surface area (Å²) < 4.78 is 10.7. The van der Waals surface area contributed by atoms with Gasteiger partial charge in [-0.05, 0) is 43.2 Å². The summed E-state index contributed by atoms with van der Waals surface area (Å²) in [5, 5.41) is 17.3. The van der Waals surface area contributed by atoms with E-state index in [4.69, 9.17) is 8.83 Å². The molecule has 0 fully saturated rings. The molecule has 1 atom stereocenters. The van der Waals surface area contributed by atoms with Crippen LogP contribution < -0.4 is 10.6 Å². The predicted molar refractivity (Wildman–Crippen MR) is 125 cm³/mol. The van der Waals surface area contributed by atoms with Crippen molar-refractivity contribution in [2.75, 3.05) is 19.6 Å². The molecule has 0 spiro atoms. The van der Waals surface area contributed by atoms with Crippen molar-refractivity contribution in [1.29, 1.82) is 0 Å². The van der Waals surface area contributed by atoms with E-state index < -0.39 is 5.60 Å². The predicted octanol–water partition coefficient (Wildman–Crippen LogP) is 3.72. The van der Waals surface area contributed by atoms with Crippen LogP contribution in [-0.2, 0) is 18.4 Å². The maximum Gasteiger partial charge on any atom is 0.191 e. The minimum atomic E-state index is -1.17. The van der Waals surface area contributed by atoms with E-state index in [-0.39, 0.29) is 30.5 Å². The third-order valence-corrected chi connectivity index (χ3v) is 4.39. The van der Waals surface area contributed by atoms with E-state index >= 15 is 0 Å². The number of benzene rings is 1. The molecule has 1 unspecified atom stereocenters. The van der Waals surface area contributed by atoms with Crippen molar-refractivity contribution in [3.8, 4) is 0 Å². The van der Waals surface area contributed by atoms with Gasteiger partial charge in [-0.15, -0.1) is 24.0 Å². The van der Waals surface area contributed by atoms with Gasteiger partial charge >= 0.3 is 0 Å². The van der Waals surface area contributed by atoms with Crippen molar-refractivity contribution in [3.63, 3.8) is 0 Å². The number of nitrogens with one attached hydrogen (secondary N) is 2. The van der Waals surface area contributed by atoms with E-state index in [0.717, 1.165) is 25.1 Å². The lowest BCUT2D eigenvalue weighted by Crippen LogP contribution is -2.40. The third kappa shape index (κ3) is 7.58. The fraction of sp³-hybridized carbons (Fsp3) is 0.318. The Morgan fingerprint density at radius 2 is 1.62 bits per heavy atom. The second-order valence-electron chi connectivity index (χ2n) is 6.83. The number of furan rings is 2. The summed E-state index contributed by atoms with van der Waals surface area (Å²) in [5.74, 6) is 2.06. The molecule has 3 rings (SSSR count).